The molecule has 2 aromatic carbocycles. The van der Waals surface area contributed by atoms with Gasteiger partial charge < -0.3 is 14.2 Å². The van der Waals surface area contributed by atoms with E-state index < -0.39 is 0 Å². The van der Waals surface area contributed by atoms with Gasteiger partial charge in [0, 0.05) is 17.2 Å². The van der Waals surface area contributed by atoms with Gasteiger partial charge in [-0.1, -0.05) is 60.9 Å². The number of aromatic nitrogens is 3. The Bertz CT molecular complexity index is 1210. The molecule has 9 nitrogen and oxygen atoms in total. The largest absolute Gasteiger partial charge is 0.493 e. The smallest absolute Gasteiger partial charge is 0.250 e. The van der Waals surface area contributed by atoms with Crippen molar-refractivity contribution in [1.82, 2.24) is 20.2 Å². The molecule has 1 N–H and O–H groups in total. The molecule has 0 aliphatic heterocycles. The van der Waals surface area contributed by atoms with E-state index in [-0.39, 0.29) is 11.7 Å². The molecule has 0 spiro atoms. The third-order valence-electron chi connectivity index (χ3n) is 6.34. The molecule has 1 aliphatic carbocycles. The molecule has 1 saturated carbocycles. The predicted molar refractivity (Wildman–Crippen MR) is 145 cm³/mol. The van der Waals surface area contributed by atoms with E-state index in [1.54, 1.807) is 33.5 Å². The van der Waals surface area contributed by atoms with Crippen molar-refractivity contribution in [3.8, 4) is 28.6 Å². The summed E-state index contributed by atoms with van der Waals surface area (Å²) in [5.41, 5.74) is 5.52. The lowest BCUT2D eigenvalue weighted by Gasteiger charge is -2.25. The number of ether oxygens (including phenoxy) is 3. The molecule has 196 valence electrons. The maximum absolute atomic E-state index is 12.6. The Morgan fingerprint density at radius 3 is 2.35 bits per heavy atom. The number of nitrogens with one attached hydrogen (secondary N) is 1. The summed E-state index contributed by atoms with van der Waals surface area (Å²) in [6.45, 7) is 2.07. The Labute approximate surface area is 221 Å². The second-order valence-electron chi connectivity index (χ2n) is 8.87. The molecule has 37 heavy (non-hydrogen) atoms. The Hall–Kier alpha value is -3.53. The Balaban J connectivity index is 1.44. The molecule has 0 radical (unpaired) electrons. The number of carbonyl (C=O) groups is 1. The van der Waals surface area contributed by atoms with Crippen molar-refractivity contribution in [2.24, 2.45) is 5.10 Å². The summed E-state index contributed by atoms with van der Waals surface area (Å²) in [5, 5.41) is 13.8. The van der Waals surface area contributed by atoms with Crippen LogP contribution in [0.3, 0.4) is 0 Å². The summed E-state index contributed by atoms with van der Waals surface area (Å²) >= 11 is 1.38. The summed E-state index contributed by atoms with van der Waals surface area (Å²) in [7, 11) is 4.64. The second-order valence-corrected chi connectivity index (χ2v) is 9.82. The van der Waals surface area contributed by atoms with E-state index in [1.807, 2.05) is 0 Å². The number of benzene rings is 2. The van der Waals surface area contributed by atoms with E-state index in [1.165, 1.54) is 42.8 Å². The first kappa shape index (κ1) is 26.5. The fourth-order valence-corrected chi connectivity index (χ4v) is 5.26. The Morgan fingerprint density at radius 2 is 1.73 bits per heavy atom. The lowest BCUT2D eigenvalue weighted by Crippen LogP contribution is -2.20. The lowest BCUT2D eigenvalue weighted by atomic mass is 9.95. The van der Waals surface area contributed by atoms with Crippen LogP contribution in [0.2, 0.25) is 0 Å². The van der Waals surface area contributed by atoms with Gasteiger partial charge in [-0.25, -0.2) is 5.43 Å². The van der Waals surface area contributed by atoms with Crippen molar-refractivity contribution in [2.45, 2.75) is 50.2 Å². The molecule has 1 fully saturated rings. The van der Waals surface area contributed by atoms with Crippen molar-refractivity contribution in [3.05, 3.63) is 47.5 Å². The molecule has 4 rings (SSSR count). The van der Waals surface area contributed by atoms with Gasteiger partial charge in [-0.3, -0.25) is 9.36 Å². The number of rotatable bonds is 10. The first-order chi connectivity index (χ1) is 18.0. The number of thioether (sulfide) groups is 1. The van der Waals surface area contributed by atoms with E-state index >= 15 is 0 Å². The van der Waals surface area contributed by atoms with Gasteiger partial charge in [0.05, 0.1) is 33.3 Å². The maximum atomic E-state index is 12.6. The number of nitrogens with zero attached hydrogens (tertiary/aromatic N) is 4. The summed E-state index contributed by atoms with van der Waals surface area (Å²) in [5.74, 6) is 2.31. The molecule has 10 heteroatoms. The third-order valence-corrected chi connectivity index (χ3v) is 7.28. The van der Waals surface area contributed by atoms with Gasteiger partial charge in [-0.15, -0.1) is 10.2 Å². The van der Waals surface area contributed by atoms with Crippen molar-refractivity contribution < 1.29 is 19.0 Å². The minimum atomic E-state index is -0.233. The molecular weight excluding hydrogens is 490 g/mol. The number of amides is 1. The van der Waals surface area contributed by atoms with Crippen LogP contribution in [0, 0.1) is 6.92 Å². The maximum Gasteiger partial charge on any atom is 0.250 e. The van der Waals surface area contributed by atoms with Gasteiger partial charge in [0.25, 0.3) is 5.91 Å². The van der Waals surface area contributed by atoms with E-state index in [9.17, 15) is 4.79 Å². The quantitative estimate of drug-likeness (QED) is 0.226. The van der Waals surface area contributed by atoms with E-state index in [2.05, 4.69) is 56.5 Å². The summed E-state index contributed by atoms with van der Waals surface area (Å²) in [6, 6.07) is 12.2. The number of methoxy groups -OCH3 is 3. The highest BCUT2D eigenvalue weighted by Crippen LogP contribution is 2.38. The van der Waals surface area contributed by atoms with Crippen LogP contribution >= 0.6 is 11.8 Å². The summed E-state index contributed by atoms with van der Waals surface area (Å²) in [4.78, 5) is 12.6. The van der Waals surface area contributed by atoms with Crippen molar-refractivity contribution in [1.29, 1.82) is 0 Å². The Kier molecular flexibility index (Phi) is 9.05. The number of hydrogen-bond acceptors (Lipinski definition) is 8. The zero-order valence-electron chi connectivity index (χ0n) is 21.7. The number of hydrogen-bond donors (Lipinski definition) is 1. The fourth-order valence-electron chi connectivity index (χ4n) is 4.46. The molecule has 3 aromatic rings. The van der Waals surface area contributed by atoms with Crippen molar-refractivity contribution >= 4 is 23.9 Å². The molecule has 1 aromatic heterocycles. The summed E-state index contributed by atoms with van der Waals surface area (Å²) < 4.78 is 18.3. The van der Waals surface area contributed by atoms with Gasteiger partial charge >= 0.3 is 0 Å². The zero-order chi connectivity index (χ0) is 26.2. The number of carbonyl (C=O) groups excluding carboxylic acids is 1. The third kappa shape index (κ3) is 6.43. The van der Waals surface area contributed by atoms with Crippen LogP contribution in [0.5, 0.6) is 17.2 Å². The second kappa shape index (κ2) is 12.6. The highest BCUT2D eigenvalue weighted by Gasteiger charge is 2.24. The number of aryl methyl sites for hydroxylation is 1. The van der Waals surface area contributed by atoms with Crippen LogP contribution in [-0.2, 0) is 4.79 Å². The average molecular weight is 524 g/mol. The molecule has 0 atom stereocenters. The van der Waals surface area contributed by atoms with Crippen LogP contribution in [0.25, 0.3) is 11.4 Å². The zero-order valence-corrected chi connectivity index (χ0v) is 22.5. The van der Waals surface area contributed by atoms with Gasteiger partial charge in [0.1, 0.15) is 0 Å². The van der Waals surface area contributed by atoms with E-state index in [0.29, 0.717) is 28.9 Å². The molecule has 1 amide bonds. The predicted octanol–water partition coefficient (Wildman–Crippen LogP) is 5.03. The van der Waals surface area contributed by atoms with Crippen LogP contribution < -0.4 is 19.6 Å². The summed E-state index contributed by atoms with van der Waals surface area (Å²) in [6.07, 6.45) is 7.36. The lowest BCUT2D eigenvalue weighted by molar-refractivity contribution is -0.118. The number of hydrazone groups is 1. The van der Waals surface area contributed by atoms with Crippen molar-refractivity contribution in [2.75, 3.05) is 27.1 Å². The van der Waals surface area contributed by atoms with Crippen LogP contribution in [0.4, 0.5) is 0 Å². The van der Waals surface area contributed by atoms with E-state index in [4.69, 9.17) is 14.2 Å². The highest BCUT2D eigenvalue weighted by atomic mass is 32.2. The molecule has 0 bridgehead atoms. The minimum absolute atomic E-state index is 0.172. The highest BCUT2D eigenvalue weighted by molar-refractivity contribution is 7.99. The first-order valence-electron chi connectivity index (χ1n) is 12.3. The van der Waals surface area contributed by atoms with Gasteiger partial charge in [-0.2, -0.15) is 5.10 Å². The van der Waals surface area contributed by atoms with Crippen LogP contribution in [0.1, 0.15) is 49.3 Å². The van der Waals surface area contributed by atoms with E-state index in [0.717, 1.165) is 29.4 Å². The van der Waals surface area contributed by atoms with Gasteiger partial charge in [-0.05, 0) is 31.9 Å². The molecule has 0 saturated heterocycles. The molecule has 0 unspecified atom stereocenters. The monoisotopic (exact) mass is 523 g/mol. The minimum Gasteiger partial charge on any atom is -0.493 e. The molecule has 1 heterocycles. The fraction of sp³-hybridized carbons (Fsp3) is 0.407. The van der Waals surface area contributed by atoms with Gasteiger partial charge in [0.15, 0.2) is 22.5 Å². The SMILES string of the molecule is COc1cc(/C=N/NC(=O)CSc2nnc(-c3ccc(C)cc3)n2C2CCCCC2)cc(OC)c1OC. The topological polar surface area (TPSA) is 99.9 Å². The Morgan fingerprint density at radius 1 is 1.05 bits per heavy atom. The average Bonchev–Trinajstić information content (AvgIpc) is 3.36. The molecule has 1 aliphatic rings. The normalized spacial score (nSPS) is 14.1. The molecular formula is C27H33N5O4S. The van der Waals surface area contributed by atoms with Gasteiger partial charge in [0.2, 0.25) is 5.75 Å². The van der Waals surface area contributed by atoms with Crippen molar-refractivity contribution in [3.63, 3.8) is 0 Å². The first-order valence-corrected chi connectivity index (χ1v) is 13.3. The van der Waals surface area contributed by atoms with Crippen LogP contribution in [-0.4, -0.2) is 54.0 Å². The van der Waals surface area contributed by atoms with Crippen LogP contribution in [0.15, 0.2) is 46.7 Å². The standard InChI is InChI=1S/C27H33N5O4S/c1-18-10-12-20(13-11-18)26-30-31-27(32(26)21-8-6-5-7-9-21)37-17-24(33)29-28-16-19-14-22(34-2)25(36-4)23(15-19)35-3/h10-16,21H,5-9,17H2,1-4H3,(H,29,33)/b28-16+.